The van der Waals surface area contributed by atoms with Crippen molar-refractivity contribution in [2.75, 3.05) is 32.7 Å². The first-order valence-electron chi connectivity index (χ1n) is 7.99. The Balaban J connectivity index is 2.57. The van der Waals surface area contributed by atoms with E-state index in [-0.39, 0.29) is 23.9 Å². The van der Waals surface area contributed by atoms with Crippen LogP contribution in [0.3, 0.4) is 0 Å². The highest BCUT2D eigenvalue weighted by atomic mass is 16.2. The Morgan fingerprint density at radius 2 is 2.00 bits per heavy atom. The predicted octanol–water partition coefficient (Wildman–Crippen LogP) is -0.0529. The first-order valence-corrected chi connectivity index (χ1v) is 7.99. The van der Waals surface area contributed by atoms with Crippen molar-refractivity contribution in [1.29, 1.82) is 0 Å². The van der Waals surface area contributed by atoms with Crippen molar-refractivity contribution in [1.82, 2.24) is 20.9 Å². The summed E-state index contributed by atoms with van der Waals surface area (Å²) in [6.45, 7) is 11.5. The number of hydrogen-bond acceptors (Lipinski definition) is 4. The zero-order chi connectivity index (χ0) is 15.8. The molecule has 122 valence electrons. The molecule has 0 radical (unpaired) electrons. The molecule has 1 aliphatic heterocycles. The van der Waals surface area contributed by atoms with Crippen molar-refractivity contribution in [3.05, 3.63) is 0 Å². The number of rotatable bonds is 7. The molecule has 0 aromatic rings. The fraction of sp³-hybridized carbons (Fsp3) is 0.867. The lowest BCUT2D eigenvalue weighted by Gasteiger charge is -2.38. The van der Waals surface area contributed by atoms with Gasteiger partial charge in [0.2, 0.25) is 11.8 Å². The summed E-state index contributed by atoms with van der Waals surface area (Å²) in [4.78, 5) is 26.4. The number of amides is 2. The average molecular weight is 298 g/mol. The monoisotopic (exact) mass is 298 g/mol. The quantitative estimate of drug-likeness (QED) is 0.616. The molecule has 2 unspecified atom stereocenters. The first kappa shape index (κ1) is 17.9. The van der Waals surface area contributed by atoms with Crippen LogP contribution in [0.25, 0.3) is 0 Å². The van der Waals surface area contributed by atoms with Crippen molar-refractivity contribution >= 4 is 11.8 Å². The Labute approximate surface area is 128 Å². The lowest BCUT2D eigenvalue weighted by atomic mass is 10.1. The van der Waals surface area contributed by atoms with Crippen LogP contribution in [-0.4, -0.2) is 61.5 Å². The topological polar surface area (TPSA) is 73.5 Å². The number of nitrogens with zero attached hydrogens (tertiary/aromatic N) is 1. The van der Waals surface area contributed by atoms with Gasteiger partial charge in [0.1, 0.15) is 6.04 Å². The van der Waals surface area contributed by atoms with Gasteiger partial charge >= 0.3 is 0 Å². The van der Waals surface area contributed by atoms with E-state index in [4.69, 9.17) is 0 Å². The SMILES string of the molecule is CCNC(=O)C1CNCCN1C(C)C(=O)NCCC(C)C. The molecule has 0 saturated carbocycles. The van der Waals surface area contributed by atoms with Crippen molar-refractivity contribution in [3.63, 3.8) is 0 Å². The van der Waals surface area contributed by atoms with Gasteiger partial charge in [0, 0.05) is 32.7 Å². The third kappa shape index (κ3) is 5.63. The number of carbonyl (C=O) groups is 2. The van der Waals surface area contributed by atoms with Crippen molar-refractivity contribution in [3.8, 4) is 0 Å². The maximum absolute atomic E-state index is 12.2. The average Bonchev–Trinajstić information content (AvgIpc) is 2.46. The lowest BCUT2D eigenvalue weighted by molar-refractivity contribution is -0.133. The van der Waals surface area contributed by atoms with Gasteiger partial charge in [-0.1, -0.05) is 13.8 Å². The van der Waals surface area contributed by atoms with Gasteiger partial charge in [-0.25, -0.2) is 0 Å². The van der Waals surface area contributed by atoms with Crippen LogP contribution < -0.4 is 16.0 Å². The van der Waals surface area contributed by atoms with Gasteiger partial charge in [-0.3, -0.25) is 14.5 Å². The molecule has 0 spiro atoms. The smallest absolute Gasteiger partial charge is 0.238 e. The maximum Gasteiger partial charge on any atom is 0.238 e. The van der Waals surface area contributed by atoms with E-state index < -0.39 is 0 Å². The van der Waals surface area contributed by atoms with Crippen molar-refractivity contribution in [2.45, 2.75) is 46.2 Å². The highest BCUT2D eigenvalue weighted by Crippen LogP contribution is 2.09. The van der Waals surface area contributed by atoms with Gasteiger partial charge in [0.05, 0.1) is 6.04 Å². The Hall–Kier alpha value is -1.14. The molecular weight excluding hydrogens is 268 g/mol. The van der Waals surface area contributed by atoms with E-state index in [1.165, 1.54) is 0 Å². The number of likely N-dealkylation sites (N-methyl/N-ethyl adjacent to an activating group) is 1. The van der Waals surface area contributed by atoms with E-state index in [1.54, 1.807) is 0 Å². The van der Waals surface area contributed by atoms with Gasteiger partial charge in [-0.15, -0.1) is 0 Å². The zero-order valence-corrected chi connectivity index (χ0v) is 13.7. The largest absolute Gasteiger partial charge is 0.355 e. The van der Waals surface area contributed by atoms with Crippen molar-refractivity contribution < 1.29 is 9.59 Å². The highest BCUT2D eigenvalue weighted by molar-refractivity contribution is 5.85. The summed E-state index contributed by atoms with van der Waals surface area (Å²) in [6, 6.07) is -0.559. The van der Waals surface area contributed by atoms with E-state index in [0.29, 0.717) is 32.1 Å². The number of hydrogen-bond donors (Lipinski definition) is 3. The minimum absolute atomic E-state index is 0.00634. The van der Waals surface area contributed by atoms with Crippen LogP contribution in [0.2, 0.25) is 0 Å². The summed E-state index contributed by atoms with van der Waals surface area (Å²) in [5.74, 6) is 0.571. The molecule has 1 rings (SSSR count). The van der Waals surface area contributed by atoms with E-state index in [9.17, 15) is 9.59 Å². The lowest BCUT2D eigenvalue weighted by Crippen LogP contribution is -2.62. The van der Waals surface area contributed by atoms with Crippen LogP contribution in [-0.2, 0) is 9.59 Å². The molecule has 21 heavy (non-hydrogen) atoms. The predicted molar refractivity (Wildman–Crippen MR) is 84.0 cm³/mol. The Kier molecular flexibility index (Phi) is 7.67. The molecule has 0 aromatic carbocycles. The fourth-order valence-electron chi connectivity index (χ4n) is 2.50. The third-order valence-electron chi connectivity index (χ3n) is 3.84. The van der Waals surface area contributed by atoms with E-state index in [1.807, 2.05) is 18.7 Å². The zero-order valence-electron chi connectivity index (χ0n) is 13.7. The van der Waals surface area contributed by atoms with E-state index in [0.717, 1.165) is 13.0 Å². The van der Waals surface area contributed by atoms with Crippen LogP contribution in [0.5, 0.6) is 0 Å². The minimum atomic E-state index is -0.285. The van der Waals surface area contributed by atoms with Crippen LogP contribution in [0, 0.1) is 5.92 Å². The van der Waals surface area contributed by atoms with Crippen LogP contribution in [0.1, 0.15) is 34.1 Å². The van der Waals surface area contributed by atoms with Gasteiger partial charge in [0.25, 0.3) is 0 Å². The molecule has 0 aromatic heterocycles. The van der Waals surface area contributed by atoms with Crippen LogP contribution in [0.15, 0.2) is 0 Å². The Morgan fingerprint density at radius 3 is 2.62 bits per heavy atom. The third-order valence-corrected chi connectivity index (χ3v) is 3.84. The summed E-state index contributed by atoms with van der Waals surface area (Å²) in [5.41, 5.74) is 0. The standard InChI is InChI=1S/C15H30N4O2/c1-5-17-15(21)13-10-16-8-9-19(13)12(4)14(20)18-7-6-11(2)3/h11-13,16H,5-10H2,1-4H3,(H,17,21)(H,18,20). The normalized spacial score (nSPS) is 21.1. The molecule has 2 atom stereocenters. The second kappa shape index (κ2) is 9.00. The van der Waals surface area contributed by atoms with Gasteiger partial charge in [-0.2, -0.15) is 0 Å². The summed E-state index contributed by atoms with van der Waals surface area (Å²) in [5, 5.41) is 9.04. The van der Waals surface area contributed by atoms with Crippen LogP contribution >= 0.6 is 0 Å². The summed E-state index contributed by atoms with van der Waals surface area (Å²) in [6.07, 6.45) is 0.972. The molecule has 1 fully saturated rings. The molecule has 1 aliphatic rings. The second-order valence-electron chi connectivity index (χ2n) is 6.00. The summed E-state index contributed by atoms with van der Waals surface area (Å²) in [7, 11) is 0. The second-order valence-corrected chi connectivity index (χ2v) is 6.00. The Bertz CT molecular complexity index is 347. The highest BCUT2D eigenvalue weighted by Gasteiger charge is 2.34. The summed E-state index contributed by atoms with van der Waals surface area (Å²) < 4.78 is 0. The van der Waals surface area contributed by atoms with Crippen molar-refractivity contribution in [2.24, 2.45) is 5.92 Å². The molecule has 2 amide bonds. The molecule has 1 heterocycles. The Morgan fingerprint density at radius 1 is 1.29 bits per heavy atom. The molecule has 1 saturated heterocycles. The molecular formula is C15H30N4O2. The van der Waals surface area contributed by atoms with Crippen LogP contribution in [0.4, 0.5) is 0 Å². The minimum Gasteiger partial charge on any atom is -0.355 e. The van der Waals surface area contributed by atoms with E-state index in [2.05, 4.69) is 29.8 Å². The maximum atomic E-state index is 12.2. The number of carbonyl (C=O) groups excluding carboxylic acids is 2. The summed E-state index contributed by atoms with van der Waals surface area (Å²) >= 11 is 0. The van der Waals surface area contributed by atoms with Gasteiger partial charge in [0.15, 0.2) is 0 Å². The molecule has 6 nitrogen and oxygen atoms in total. The molecule has 3 N–H and O–H groups in total. The van der Waals surface area contributed by atoms with E-state index >= 15 is 0 Å². The molecule has 6 heteroatoms. The molecule has 0 bridgehead atoms. The first-order chi connectivity index (χ1) is 9.97. The van der Waals surface area contributed by atoms with Gasteiger partial charge in [-0.05, 0) is 26.2 Å². The number of nitrogens with one attached hydrogen (secondary N) is 3. The molecule has 0 aliphatic carbocycles. The van der Waals surface area contributed by atoms with Gasteiger partial charge < -0.3 is 16.0 Å². The number of piperazine rings is 1. The fourth-order valence-corrected chi connectivity index (χ4v) is 2.50.